The predicted molar refractivity (Wildman–Crippen MR) is 179 cm³/mol. The van der Waals surface area contributed by atoms with Crippen LogP contribution in [0.3, 0.4) is 0 Å². The number of nitrogens with zero attached hydrogens (tertiary/aromatic N) is 1. The van der Waals surface area contributed by atoms with Gasteiger partial charge >= 0.3 is 17.9 Å². The van der Waals surface area contributed by atoms with Crippen molar-refractivity contribution in [2.75, 3.05) is 60.7 Å². The Balaban J connectivity index is 1.46. The van der Waals surface area contributed by atoms with Gasteiger partial charge in [0.2, 0.25) is 0 Å². The zero-order valence-corrected chi connectivity index (χ0v) is 28.1. The van der Waals surface area contributed by atoms with Gasteiger partial charge in [-0.15, -0.1) is 0 Å². The van der Waals surface area contributed by atoms with Crippen LogP contribution in [-0.4, -0.2) is 83.1 Å². The van der Waals surface area contributed by atoms with Crippen LogP contribution in [0.2, 0.25) is 0 Å². The van der Waals surface area contributed by atoms with Crippen LogP contribution < -0.4 is 9.47 Å². The van der Waals surface area contributed by atoms with Gasteiger partial charge in [-0.3, -0.25) is 0 Å². The lowest BCUT2D eigenvalue weighted by molar-refractivity contribution is -0.870. The molecule has 0 saturated carbocycles. The number of carbonyl (C=O) groups is 3. The number of unbranched alkanes of at least 4 members (excludes halogenated alkanes) is 9. The number of hydrogen-bond donors (Lipinski definition) is 0. The Morgan fingerprint density at radius 1 is 0.543 bits per heavy atom. The summed E-state index contributed by atoms with van der Waals surface area (Å²) < 4.78 is 28.0. The number of esters is 3. The second kappa shape index (κ2) is 22.6. The minimum Gasteiger partial charge on any atom is -0.494 e. The van der Waals surface area contributed by atoms with Gasteiger partial charge in [0, 0.05) is 6.08 Å². The highest BCUT2D eigenvalue weighted by Crippen LogP contribution is 2.16. The first-order valence-corrected chi connectivity index (χ1v) is 16.6. The van der Waals surface area contributed by atoms with Gasteiger partial charge < -0.3 is 28.2 Å². The van der Waals surface area contributed by atoms with Gasteiger partial charge in [-0.1, -0.05) is 51.5 Å². The van der Waals surface area contributed by atoms with Gasteiger partial charge in [0.1, 0.15) is 24.7 Å². The predicted octanol–water partition coefficient (Wildman–Crippen LogP) is 7.18. The lowest BCUT2D eigenvalue weighted by Crippen LogP contribution is -2.38. The van der Waals surface area contributed by atoms with Gasteiger partial charge in [-0.2, -0.15) is 0 Å². The lowest BCUT2D eigenvalue weighted by atomic mass is 10.1. The number of hydrogen-bond acceptors (Lipinski definition) is 8. The van der Waals surface area contributed by atoms with E-state index in [-0.39, 0.29) is 31.1 Å². The Hall–Kier alpha value is -3.85. The topological polar surface area (TPSA) is 97.4 Å². The molecule has 0 aliphatic carbocycles. The molecule has 2 aromatic rings. The molecule has 0 bridgehead atoms. The first-order chi connectivity index (χ1) is 22.2. The summed E-state index contributed by atoms with van der Waals surface area (Å²) in [5, 5.41) is 0. The molecule has 0 atom stereocenters. The van der Waals surface area contributed by atoms with Crippen molar-refractivity contribution in [2.24, 2.45) is 0 Å². The molecule has 0 radical (unpaired) electrons. The maximum Gasteiger partial charge on any atom is 0.338 e. The molecule has 0 aliphatic heterocycles. The number of likely N-dealkylation sites (N-methyl/N-ethyl adjacent to an activating group) is 1. The van der Waals surface area contributed by atoms with Crippen molar-refractivity contribution in [3.8, 4) is 11.5 Å². The van der Waals surface area contributed by atoms with E-state index >= 15 is 0 Å². The van der Waals surface area contributed by atoms with Crippen molar-refractivity contribution in [3.63, 3.8) is 0 Å². The third-order valence-corrected chi connectivity index (χ3v) is 7.18. The highest BCUT2D eigenvalue weighted by molar-refractivity contribution is 5.90. The van der Waals surface area contributed by atoms with Crippen LogP contribution >= 0.6 is 0 Å². The third kappa shape index (κ3) is 18.2. The Morgan fingerprint density at radius 3 is 1.35 bits per heavy atom. The summed E-state index contributed by atoms with van der Waals surface area (Å²) >= 11 is 0. The monoisotopic (exact) mass is 640 g/mol. The maximum atomic E-state index is 12.4. The van der Waals surface area contributed by atoms with Crippen LogP contribution in [0.4, 0.5) is 0 Å². The lowest BCUT2D eigenvalue weighted by Gasteiger charge is -2.23. The van der Waals surface area contributed by atoms with Crippen molar-refractivity contribution >= 4 is 17.9 Å². The molecule has 0 saturated heterocycles. The summed E-state index contributed by atoms with van der Waals surface area (Å²) in [6.07, 6.45) is 12.5. The summed E-state index contributed by atoms with van der Waals surface area (Å²) in [4.78, 5) is 35.6. The van der Waals surface area contributed by atoms with Crippen molar-refractivity contribution in [1.29, 1.82) is 0 Å². The van der Waals surface area contributed by atoms with Gasteiger partial charge in [0.15, 0.2) is 0 Å². The van der Waals surface area contributed by atoms with E-state index in [2.05, 4.69) is 27.7 Å². The second-order valence-corrected chi connectivity index (χ2v) is 12.3. The van der Waals surface area contributed by atoms with E-state index in [9.17, 15) is 14.4 Å². The van der Waals surface area contributed by atoms with Crippen molar-refractivity contribution in [3.05, 3.63) is 72.3 Å². The molecule has 9 heteroatoms. The molecular formula is C37H54NO8+. The molecule has 0 aromatic heterocycles. The normalized spacial score (nSPS) is 11.0. The van der Waals surface area contributed by atoms with Crippen LogP contribution in [0.15, 0.2) is 61.2 Å². The number of ether oxygens (including phenoxy) is 5. The van der Waals surface area contributed by atoms with Crippen molar-refractivity contribution in [1.82, 2.24) is 0 Å². The zero-order chi connectivity index (χ0) is 33.5. The molecule has 46 heavy (non-hydrogen) atoms. The summed E-state index contributed by atoms with van der Waals surface area (Å²) in [7, 11) is 6.32. The van der Waals surface area contributed by atoms with Crippen LogP contribution in [0, 0.1) is 0 Å². The second-order valence-electron chi connectivity index (χ2n) is 12.3. The molecule has 0 fully saturated rings. The first-order valence-electron chi connectivity index (χ1n) is 16.6. The van der Waals surface area contributed by atoms with E-state index in [1.54, 1.807) is 48.5 Å². The molecule has 0 amide bonds. The van der Waals surface area contributed by atoms with Crippen LogP contribution in [0.25, 0.3) is 0 Å². The summed E-state index contributed by atoms with van der Waals surface area (Å²) in [5.74, 6) is 0.336. The quantitative estimate of drug-likeness (QED) is 0.0370. The number of rotatable bonds is 25. The summed E-state index contributed by atoms with van der Waals surface area (Å²) in [5.41, 5.74) is 0.945. The third-order valence-electron chi connectivity index (χ3n) is 7.18. The standard InChI is InChI=1S/C37H54NO8/c1-5-35(39)44-27-14-12-10-8-6-7-9-11-13-26-42-33-21-17-31(18-22-33)36(40)45-28-15-16-29-46-37(41)32-19-23-34(24-20-32)43-30-25-38(2,3)4/h5,17-24H,1,6-16,25-30H2,2-4H3/q+1. The van der Waals surface area contributed by atoms with Gasteiger partial charge in [0.05, 0.1) is 58.7 Å². The maximum absolute atomic E-state index is 12.4. The molecule has 0 heterocycles. The molecule has 0 spiro atoms. The molecule has 0 N–H and O–H groups in total. The number of benzene rings is 2. The average molecular weight is 641 g/mol. The fourth-order valence-corrected chi connectivity index (χ4v) is 4.38. The SMILES string of the molecule is C=CC(=O)OCCCCCCCCCCCOc1ccc(C(=O)OCCCCOC(=O)c2ccc(OCC[N+](C)(C)C)cc2)cc1. The smallest absolute Gasteiger partial charge is 0.338 e. The van der Waals surface area contributed by atoms with Crippen molar-refractivity contribution < 1.29 is 42.6 Å². The number of carbonyl (C=O) groups excluding carboxylic acids is 3. The summed E-state index contributed by atoms with van der Waals surface area (Å²) in [6, 6.07) is 13.9. The minimum absolute atomic E-state index is 0.251. The zero-order valence-electron chi connectivity index (χ0n) is 28.1. The summed E-state index contributed by atoms with van der Waals surface area (Å²) in [6.45, 7) is 6.49. The highest BCUT2D eigenvalue weighted by atomic mass is 16.5. The highest BCUT2D eigenvalue weighted by Gasteiger charge is 2.10. The van der Waals surface area contributed by atoms with Gasteiger partial charge in [-0.05, 0) is 74.2 Å². The molecule has 2 rings (SSSR count). The Bertz CT molecular complexity index is 1160. The van der Waals surface area contributed by atoms with Crippen LogP contribution in [0.5, 0.6) is 11.5 Å². The van der Waals surface area contributed by atoms with Gasteiger partial charge in [-0.25, -0.2) is 14.4 Å². The minimum atomic E-state index is -0.387. The Kier molecular flexibility index (Phi) is 18.9. The van der Waals surface area contributed by atoms with Crippen molar-refractivity contribution in [2.45, 2.75) is 70.6 Å². The molecule has 9 nitrogen and oxygen atoms in total. The Labute approximate surface area is 275 Å². The first kappa shape index (κ1) is 38.3. The van der Waals surface area contributed by atoms with E-state index in [0.717, 1.165) is 48.2 Å². The molecule has 2 aromatic carbocycles. The Morgan fingerprint density at radius 2 is 0.913 bits per heavy atom. The van der Waals surface area contributed by atoms with E-state index in [4.69, 9.17) is 23.7 Å². The van der Waals surface area contributed by atoms with E-state index in [1.165, 1.54) is 38.2 Å². The molecular weight excluding hydrogens is 586 g/mol. The largest absolute Gasteiger partial charge is 0.494 e. The molecule has 254 valence electrons. The molecule has 0 aliphatic rings. The van der Waals surface area contributed by atoms with Crippen LogP contribution in [0.1, 0.15) is 91.3 Å². The van der Waals surface area contributed by atoms with E-state index in [0.29, 0.717) is 43.8 Å². The average Bonchev–Trinajstić information content (AvgIpc) is 3.04. The van der Waals surface area contributed by atoms with E-state index < -0.39 is 0 Å². The van der Waals surface area contributed by atoms with Gasteiger partial charge in [0.25, 0.3) is 0 Å². The molecule has 0 unspecified atom stereocenters. The van der Waals surface area contributed by atoms with Crippen LogP contribution in [-0.2, 0) is 19.0 Å². The number of quaternary nitrogens is 1. The fraction of sp³-hybridized carbons (Fsp3) is 0.541. The van der Waals surface area contributed by atoms with E-state index in [1.807, 2.05) is 0 Å². The fourth-order valence-electron chi connectivity index (χ4n) is 4.38.